The fraction of sp³-hybridized carbons (Fsp3) is 0.333. The summed E-state index contributed by atoms with van der Waals surface area (Å²) < 4.78 is 0. The van der Waals surface area contributed by atoms with Gasteiger partial charge in [0.05, 0.1) is 11.0 Å². The van der Waals surface area contributed by atoms with E-state index < -0.39 is 0 Å². The molecular weight excluding hydrogens is 316 g/mol. The number of piperazine rings is 1. The zero-order valence-electron chi connectivity index (χ0n) is 13.9. The van der Waals surface area contributed by atoms with Gasteiger partial charge in [-0.1, -0.05) is 12.1 Å². The number of benzene rings is 1. The zero-order chi connectivity index (χ0) is 17.1. The number of hydrogen-bond acceptors (Lipinski definition) is 5. The molecule has 1 amide bonds. The second-order valence-corrected chi connectivity index (χ2v) is 6.12. The number of nitrogens with zero attached hydrogens (tertiary/aromatic N) is 5. The number of rotatable bonds is 4. The van der Waals surface area contributed by atoms with Crippen molar-refractivity contribution in [3.8, 4) is 0 Å². The Bertz CT molecular complexity index is 821. The van der Waals surface area contributed by atoms with Gasteiger partial charge in [0.25, 0.3) is 0 Å². The van der Waals surface area contributed by atoms with E-state index in [-0.39, 0.29) is 5.91 Å². The van der Waals surface area contributed by atoms with Crippen LogP contribution in [-0.2, 0) is 11.2 Å². The van der Waals surface area contributed by atoms with Crippen molar-refractivity contribution in [1.29, 1.82) is 0 Å². The molecule has 0 radical (unpaired) electrons. The molecule has 128 valence electrons. The molecule has 1 N–H and O–H groups in total. The van der Waals surface area contributed by atoms with Crippen LogP contribution in [0.15, 0.2) is 42.7 Å². The molecule has 3 heterocycles. The van der Waals surface area contributed by atoms with Gasteiger partial charge in [0.2, 0.25) is 11.9 Å². The molecule has 1 aliphatic rings. The predicted molar refractivity (Wildman–Crippen MR) is 95.2 cm³/mol. The van der Waals surface area contributed by atoms with Gasteiger partial charge in [0.15, 0.2) is 0 Å². The van der Waals surface area contributed by atoms with Crippen molar-refractivity contribution >= 4 is 22.9 Å². The highest BCUT2D eigenvalue weighted by Gasteiger charge is 2.22. The quantitative estimate of drug-likeness (QED) is 0.783. The zero-order valence-corrected chi connectivity index (χ0v) is 13.9. The number of H-pyrrole nitrogens is 1. The topological polar surface area (TPSA) is 78.0 Å². The van der Waals surface area contributed by atoms with Gasteiger partial charge in [0.1, 0.15) is 5.82 Å². The molecule has 7 nitrogen and oxygen atoms in total. The Morgan fingerprint density at radius 1 is 1.04 bits per heavy atom. The summed E-state index contributed by atoms with van der Waals surface area (Å²) in [4.78, 5) is 32.8. The first-order valence-corrected chi connectivity index (χ1v) is 8.53. The first kappa shape index (κ1) is 15.6. The molecule has 0 atom stereocenters. The van der Waals surface area contributed by atoms with Crippen LogP contribution in [0.3, 0.4) is 0 Å². The molecule has 25 heavy (non-hydrogen) atoms. The van der Waals surface area contributed by atoms with Gasteiger partial charge in [-0.2, -0.15) is 0 Å². The van der Waals surface area contributed by atoms with Gasteiger partial charge < -0.3 is 14.8 Å². The SMILES string of the molecule is O=C(CCc1nc2ccccc2[nH]1)N1CCN(c2ncccn2)CC1. The summed E-state index contributed by atoms with van der Waals surface area (Å²) in [6, 6.07) is 9.72. The van der Waals surface area contributed by atoms with Crippen LogP contribution in [0.1, 0.15) is 12.2 Å². The summed E-state index contributed by atoms with van der Waals surface area (Å²) in [5.74, 6) is 1.77. The second-order valence-electron chi connectivity index (χ2n) is 6.12. The average molecular weight is 336 g/mol. The Morgan fingerprint density at radius 2 is 1.80 bits per heavy atom. The summed E-state index contributed by atoms with van der Waals surface area (Å²) >= 11 is 0. The van der Waals surface area contributed by atoms with Crippen LogP contribution in [0.2, 0.25) is 0 Å². The van der Waals surface area contributed by atoms with E-state index in [0.29, 0.717) is 25.9 Å². The van der Waals surface area contributed by atoms with E-state index in [1.165, 1.54) is 0 Å². The molecule has 1 aromatic carbocycles. The first-order valence-electron chi connectivity index (χ1n) is 8.53. The third-order valence-electron chi connectivity index (χ3n) is 4.48. The minimum Gasteiger partial charge on any atom is -0.342 e. The summed E-state index contributed by atoms with van der Waals surface area (Å²) in [5.41, 5.74) is 1.96. The highest BCUT2D eigenvalue weighted by Crippen LogP contribution is 2.13. The lowest BCUT2D eigenvalue weighted by atomic mass is 10.2. The molecule has 0 unspecified atom stereocenters. The van der Waals surface area contributed by atoms with Crippen LogP contribution in [0.5, 0.6) is 0 Å². The lowest BCUT2D eigenvalue weighted by Crippen LogP contribution is -2.49. The molecule has 7 heteroatoms. The molecule has 0 aliphatic carbocycles. The van der Waals surface area contributed by atoms with E-state index in [0.717, 1.165) is 35.9 Å². The van der Waals surface area contributed by atoms with Crippen LogP contribution in [0, 0.1) is 0 Å². The third kappa shape index (κ3) is 3.45. The van der Waals surface area contributed by atoms with E-state index in [4.69, 9.17) is 0 Å². The minimum atomic E-state index is 0.175. The summed E-state index contributed by atoms with van der Waals surface area (Å²) in [7, 11) is 0. The number of carbonyl (C=O) groups is 1. The van der Waals surface area contributed by atoms with Crippen molar-refractivity contribution in [2.24, 2.45) is 0 Å². The maximum absolute atomic E-state index is 12.5. The Balaban J connectivity index is 1.30. The summed E-state index contributed by atoms with van der Waals surface area (Å²) in [5, 5.41) is 0. The van der Waals surface area contributed by atoms with Crippen LogP contribution in [0.25, 0.3) is 11.0 Å². The Labute approximate surface area is 145 Å². The van der Waals surface area contributed by atoms with E-state index in [2.05, 4.69) is 24.8 Å². The monoisotopic (exact) mass is 336 g/mol. The number of nitrogens with one attached hydrogen (secondary N) is 1. The largest absolute Gasteiger partial charge is 0.342 e. The molecule has 0 bridgehead atoms. The van der Waals surface area contributed by atoms with E-state index in [1.54, 1.807) is 18.5 Å². The van der Waals surface area contributed by atoms with Crippen LogP contribution in [0.4, 0.5) is 5.95 Å². The number of carbonyl (C=O) groups excluding carboxylic acids is 1. The molecule has 0 saturated carbocycles. The van der Waals surface area contributed by atoms with E-state index in [1.807, 2.05) is 29.2 Å². The average Bonchev–Trinajstić information content (AvgIpc) is 3.10. The van der Waals surface area contributed by atoms with Gasteiger partial charge >= 0.3 is 0 Å². The molecule has 1 aliphatic heterocycles. The van der Waals surface area contributed by atoms with Crippen molar-refractivity contribution in [3.05, 3.63) is 48.5 Å². The molecule has 0 spiro atoms. The highest BCUT2D eigenvalue weighted by molar-refractivity contribution is 5.77. The lowest BCUT2D eigenvalue weighted by molar-refractivity contribution is -0.131. The van der Waals surface area contributed by atoms with Crippen molar-refractivity contribution in [2.45, 2.75) is 12.8 Å². The summed E-state index contributed by atoms with van der Waals surface area (Å²) in [6.45, 7) is 2.94. The lowest BCUT2D eigenvalue weighted by Gasteiger charge is -2.34. The predicted octanol–water partition coefficient (Wildman–Crippen LogP) is 1.63. The van der Waals surface area contributed by atoms with Crippen molar-refractivity contribution in [2.75, 3.05) is 31.1 Å². The normalized spacial score (nSPS) is 14.9. The number of anilines is 1. The number of aryl methyl sites for hydroxylation is 1. The standard InChI is InChI=1S/C18H20N6O/c25-17(7-6-16-21-14-4-1-2-5-15(14)22-16)23-10-12-24(13-11-23)18-19-8-3-9-20-18/h1-5,8-9H,6-7,10-13H2,(H,21,22). The number of para-hydroxylation sites is 2. The maximum atomic E-state index is 12.5. The van der Waals surface area contributed by atoms with Crippen molar-refractivity contribution in [1.82, 2.24) is 24.8 Å². The first-order chi connectivity index (χ1) is 12.3. The number of imidazole rings is 1. The molecular formula is C18H20N6O. The highest BCUT2D eigenvalue weighted by atomic mass is 16.2. The maximum Gasteiger partial charge on any atom is 0.225 e. The Morgan fingerprint density at radius 3 is 2.56 bits per heavy atom. The number of amides is 1. The van der Waals surface area contributed by atoms with Gasteiger partial charge in [-0.05, 0) is 18.2 Å². The van der Waals surface area contributed by atoms with Crippen LogP contribution in [-0.4, -0.2) is 56.9 Å². The fourth-order valence-electron chi connectivity index (χ4n) is 3.12. The van der Waals surface area contributed by atoms with Crippen LogP contribution >= 0.6 is 0 Å². The minimum absolute atomic E-state index is 0.175. The van der Waals surface area contributed by atoms with Crippen molar-refractivity contribution in [3.63, 3.8) is 0 Å². The summed E-state index contributed by atoms with van der Waals surface area (Å²) in [6.07, 6.45) is 4.59. The van der Waals surface area contributed by atoms with Gasteiger partial charge in [-0.3, -0.25) is 4.79 Å². The molecule has 4 rings (SSSR count). The van der Waals surface area contributed by atoms with Crippen molar-refractivity contribution < 1.29 is 4.79 Å². The van der Waals surface area contributed by atoms with Crippen LogP contribution < -0.4 is 4.90 Å². The molecule has 1 saturated heterocycles. The second kappa shape index (κ2) is 6.88. The number of fused-ring (bicyclic) bond motifs is 1. The van der Waals surface area contributed by atoms with E-state index in [9.17, 15) is 4.79 Å². The smallest absolute Gasteiger partial charge is 0.225 e. The van der Waals surface area contributed by atoms with Gasteiger partial charge in [-0.25, -0.2) is 15.0 Å². The fourth-order valence-corrected chi connectivity index (χ4v) is 3.12. The third-order valence-corrected chi connectivity index (χ3v) is 4.48. The Kier molecular flexibility index (Phi) is 4.28. The molecule has 2 aromatic heterocycles. The number of hydrogen-bond donors (Lipinski definition) is 1. The Hall–Kier alpha value is -2.96. The molecule has 1 fully saturated rings. The van der Waals surface area contributed by atoms with Gasteiger partial charge in [0, 0.05) is 51.4 Å². The number of aromatic amines is 1. The van der Waals surface area contributed by atoms with E-state index >= 15 is 0 Å². The number of aromatic nitrogens is 4. The molecule has 3 aromatic rings. The van der Waals surface area contributed by atoms with Gasteiger partial charge in [-0.15, -0.1) is 0 Å².